The number of para-hydroxylation sites is 4. The summed E-state index contributed by atoms with van der Waals surface area (Å²) in [7, 11) is 0. The summed E-state index contributed by atoms with van der Waals surface area (Å²) in [5, 5.41) is 2.31. The smallest absolute Gasteiger partial charge is 0.269 e. The van der Waals surface area contributed by atoms with Crippen molar-refractivity contribution in [2.45, 2.75) is 0 Å². The van der Waals surface area contributed by atoms with Gasteiger partial charge >= 0.3 is 0 Å². The van der Waals surface area contributed by atoms with E-state index < -0.39 is 0 Å². The highest BCUT2D eigenvalue weighted by Gasteiger charge is 2.22. The van der Waals surface area contributed by atoms with Crippen molar-refractivity contribution < 1.29 is 9.30 Å². The Morgan fingerprint density at radius 3 is 2.11 bits per heavy atom. The van der Waals surface area contributed by atoms with E-state index in [0.717, 1.165) is 89.7 Å². The molecule has 0 saturated heterocycles. The van der Waals surface area contributed by atoms with Crippen molar-refractivity contribution in [3.05, 3.63) is 188 Å². The van der Waals surface area contributed by atoms with E-state index in [1.165, 1.54) is 5.39 Å². The number of rotatable bonds is 1. The van der Waals surface area contributed by atoms with Crippen LogP contribution in [0.1, 0.15) is 0 Å². The zero-order valence-corrected chi connectivity index (χ0v) is 28.5. The fourth-order valence-corrected chi connectivity index (χ4v) is 7.99. The molecule has 10 aromatic rings. The minimum atomic E-state index is 0.739. The quantitative estimate of drug-likeness (QED) is 0.128. The van der Waals surface area contributed by atoms with Gasteiger partial charge in [0, 0.05) is 22.4 Å². The Morgan fingerprint density at radius 1 is 0.491 bits per heavy atom. The predicted molar refractivity (Wildman–Crippen MR) is 212 cm³/mol. The first-order valence-corrected chi connectivity index (χ1v) is 17.8. The number of aromatic nitrogens is 4. The zero-order valence-electron chi connectivity index (χ0n) is 28.5. The van der Waals surface area contributed by atoms with Crippen LogP contribution in [0.25, 0.3) is 83.5 Å². The first-order chi connectivity index (χ1) is 26.3. The van der Waals surface area contributed by atoms with Crippen LogP contribution in [0.5, 0.6) is 11.5 Å². The SMILES string of the molecule is [c-]1n2c3ccccc3[n+]1-c1c(-c3ccccc3)cccc1-c1ccccc1-c1cccc(n1)-n1c3ccccc3c3ccc(cc31)Oc1cccc-2c1. The maximum Gasteiger partial charge on any atom is 0.269 e. The molecule has 7 aromatic carbocycles. The summed E-state index contributed by atoms with van der Waals surface area (Å²) in [6.45, 7) is 0. The third-order valence-electron chi connectivity index (χ3n) is 10.3. The van der Waals surface area contributed by atoms with Gasteiger partial charge in [0.15, 0.2) is 0 Å². The molecule has 0 saturated carbocycles. The van der Waals surface area contributed by atoms with Gasteiger partial charge in [-0.1, -0.05) is 127 Å². The van der Waals surface area contributed by atoms with E-state index in [2.05, 4.69) is 190 Å². The minimum Gasteiger partial charge on any atom is -0.458 e. The average Bonchev–Trinajstić information content (AvgIpc) is 3.77. The standard InChI is InChI=1S/C48H30N4O/c1-2-13-32(14-3-1)36-20-11-21-41-37-17-4-5-18-38(37)42-22-12-26-47(49-42)52-43-23-7-6-19-39(43)40-28-27-35(30-46(40)52)53-34-16-10-15-33(29-34)50-31-51(48(36)41)45-25-9-8-24-44(45)50/h1-30H. The van der Waals surface area contributed by atoms with Crippen LogP contribution in [0, 0.1) is 6.33 Å². The lowest BCUT2D eigenvalue weighted by Gasteiger charge is -2.19. The molecule has 0 N–H and O–H groups in total. The van der Waals surface area contributed by atoms with Gasteiger partial charge in [-0.25, -0.2) is 4.98 Å². The second kappa shape index (κ2) is 11.7. The van der Waals surface area contributed by atoms with Gasteiger partial charge in [0.25, 0.3) is 6.33 Å². The molecule has 0 atom stereocenters. The number of fused-ring (bicyclic) bond motifs is 20. The van der Waals surface area contributed by atoms with E-state index >= 15 is 0 Å². The predicted octanol–water partition coefficient (Wildman–Crippen LogP) is 11.3. The Morgan fingerprint density at radius 2 is 1.19 bits per heavy atom. The molecule has 0 radical (unpaired) electrons. The molecular weight excluding hydrogens is 649 g/mol. The van der Waals surface area contributed by atoms with E-state index in [9.17, 15) is 0 Å². The van der Waals surface area contributed by atoms with Gasteiger partial charge in [0.05, 0.1) is 39.1 Å². The molecular formula is C48H30N4O. The highest BCUT2D eigenvalue weighted by Crippen LogP contribution is 2.40. The van der Waals surface area contributed by atoms with Crippen LogP contribution < -0.4 is 9.30 Å². The molecule has 8 bridgehead atoms. The average molecular weight is 679 g/mol. The van der Waals surface area contributed by atoms with Gasteiger partial charge in [-0.15, -0.1) is 0 Å². The van der Waals surface area contributed by atoms with Crippen LogP contribution >= 0.6 is 0 Å². The summed E-state index contributed by atoms with van der Waals surface area (Å²) in [5.41, 5.74) is 12.5. The second-order valence-corrected chi connectivity index (χ2v) is 13.4. The van der Waals surface area contributed by atoms with Crippen molar-refractivity contribution in [1.29, 1.82) is 0 Å². The first-order valence-electron chi connectivity index (χ1n) is 17.8. The van der Waals surface area contributed by atoms with E-state index in [1.807, 2.05) is 12.1 Å². The van der Waals surface area contributed by atoms with Gasteiger partial charge in [-0.3, -0.25) is 13.7 Å². The first kappa shape index (κ1) is 29.5. The lowest BCUT2D eigenvalue weighted by Crippen LogP contribution is -2.31. The number of benzene rings is 7. The Labute approximate surface area is 305 Å². The molecule has 0 amide bonds. The van der Waals surface area contributed by atoms with Crippen molar-refractivity contribution in [3.63, 3.8) is 0 Å². The number of nitrogens with zero attached hydrogens (tertiary/aromatic N) is 4. The molecule has 0 fully saturated rings. The lowest BCUT2D eigenvalue weighted by atomic mass is 9.92. The maximum absolute atomic E-state index is 6.65. The summed E-state index contributed by atoms with van der Waals surface area (Å²) < 4.78 is 13.3. The summed E-state index contributed by atoms with van der Waals surface area (Å²) in [5.74, 6) is 2.33. The van der Waals surface area contributed by atoms with Crippen molar-refractivity contribution in [3.8, 4) is 62.2 Å². The number of imidazole rings is 1. The minimum absolute atomic E-state index is 0.739. The molecule has 53 heavy (non-hydrogen) atoms. The summed E-state index contributed by atoms with van der Waals surface area (Å²) in [6, 6.07) is 63.7. The Hall–Kier alpha value is -7.24. The lowest BCUT2D eigenvalue weighted by molar-refractivity contribution is -0.571. The fourth-order valence-electron chi connectivity index (χ4n) is 7.99. The molecule has 1 aliphatic rings. The van der Waals surface area contributed by atoms with Gasteiger partial charge in [0.2, 0.25) is 0 Å². The van der Waals surface area contributed by atoms with Crippen LogP contribution in [0.15, 0.2) is 182 Å². The largest absolute Gasteiger partial charge is 0.458 e. The molecule has 5 heteroatoms. The zero-order chi connectivity index (χ0) is 34.9. The normalized spacial score (nSPS) is 11.9. The molecule has 0 unspecified atom stereocenters. The molecule has 11 rings (SSSR count). The fraction of sp³-hybridized carbons (Fsp3) is 0. The van der Waals surface area contributed by atoms with Crippen molar-refractivity contribution in [1.82, 2.24) is 14.1 Å². The third kappa shape index (κ3) is 4.64. The van der Waals surface area contributed by atoms with E-state index in [1.54, 1.807) is 0 Å². The van der Waals surface area contributed by atoms with E-state index in [0.29, 0.717) is 0 Å². The molecule has 5 nitrogen and oxygen atoms in total. The van der Waals surface area contributed by atoms with Crippen LogP contribution in [-0.4, -0.2) is 14.1 Å². The Kier molecular flexibility index (Phi) is 6.48. The second-order valence-electron chi connectivity index (χ2n) is 13.4. The highest BCUT2D eigenvalue weighted by atomic mass is 16.5. The molecule has 1 aliphatic heterocycles. The van der Waals surface area contributed by atoms with Crippen molar-refractivity contribution in [2.24, 2.45) is 0 Å². The van der Waals surface area contributed by atoms with Crippen LogP contribution in [-0.2, 0) is 0 Å². The van der Waals surface area contributed by atoms with Gasteiger partial charge < -0.3 is 4.74 Å². The maximum atomic E-state index is 6.65. The topological polar surface area (TPSA) is 35.9 Å². The number of ether oxygens (including phenoxy) is 1. The number of hydrogen-bond acceptors (Lipinski definition) is 2. The Balaban J connectivity index is 1.28. The summed E-state index contributed by atoms with van der Waals surface area (Å²) in [6.07, 6.45) is 3.80. The van der Waals surface area contributed by atoms with Crippen LogP contribution in [0.3, 0.4) is 0 Å². The van der Waals surface area contributed by atoms with E-state index in [4.69, 9.17) is 9.72 Å². The molecule has 0 spiro atoms. The van der Waals surface area contributed by atoms with Crippen LogP contribution in [0.4, 0.5) is 0 Å². The molecule has 4 heterocycles. The molecule has 3 aromatic heterocycles. The molecule has 0 aliphatic carbocycles. The summed E-state index contributed by atoms with van der Waals surface area (Å²) in [4.78, 5) is 5.42. The highest BCUT2D eigenvalue weighted by molar-refractivity contribution is 6.09. The van der Waals surface area contributed by atoms with Crippen LogP contribution in [0.2, 0.25) is 0 Å². The van der Waals surface area contributed by atoms with Crippen molar-refractivity contribution >= 4 is 32.8 Å². The van der Waals surface area contributed by atoms with E-state index in [-0.39, 0.29) is 0 Å². The summed E-state index contributed by atoms with van der Waals surface area (Å²) >= 11 is 0. The van der Waals surface area contributed by atoms with Gasteiger partial charge in [0.1, 0.15) is 17.3 Å². The molecule has 248 valence electrons. The Bertz CT molecular complexity index is 3050. The number of pyridine rings is 1. The van der Waals surface area contributed by atoms with Gasteiger partial charge in [-0.2, -0.15) is 0 Å². The van der Waals surface area contributed by atoms with Gasteiger partial charge in [-0.05, 0) is 70.8 Å². The third-order valence-corrected chi connectivity index (χ3v) is 10.3. The number of hydrogen-bond donors (Lipinski definition) is 0. The van der Waals surface area contributed by atoms with Crippen molar-refractivity contribution in [2.75, 3.05) is 0 Å². The monoisotopic (exact) mass is 678 g/mol.